The smallest absolute Gasteiger partial charge is 0.345 e. The Morgan fingerprint density at radius 2 is 1.44 bits per heavy atom. The first-order valence-electron chi connectivity index (χ1n) is 14.1. The number of hydrogen-bond acceptors (Lipinski definition) is 9. The summed E-state index contributed by atoms with van der Waals surface area (Å²) >= 11 is 0. The van der Waals surface area contributed by atoms with Gasteiger partial charge in [0, 0.05) is 56.2 Å². The second-order valence-corrected chi connectivity index (χ2v) is 16.1. The molecule has 0 aromatic heterocycles. The van der Waals surface area contributed by atoms with Crippen LogP contribution in [0.4, 0.5) is 0 Å². The van der Waals surface area contributed by atoms with Gasteiger partial charge in [0.1, 0.15) is 14.6 Å². The van der Waals surface area contributed by atoms with Crippen molar-refractivity contribution < 1.29 is 32.4 Å². The SMILES string of the molecule is C[B]C1CNCC(COP(=O)(N(C)C)N2CC([B]C)OC(COP(=O)(N(C)C)N3CC(C)OC(CN=[N+]=[N-])C3)C2)O1. The van der Waals surface area contributed by atoms with Gasteiger partial charge in [-0.3, -0.25) is 9.13 Å². The zero-order valence-corrected chi connectivity index (χ0v) is 27.2. The third-order valence-electron chi connectivity index (χ3n) is 7.24. The Morgan fingerprint density at radius 3 is 2.02 bits per heavy atom. The molecule has 3 aliphatic heterocycles. The van der Waals surface area contributed by atoms with Crippen LogP contribution in [0.15, 0.2) is 5.11 Å². The maximum atomic E-state index is 14.3. The minimum Gasteiger partial charge on any atom is -0.379 e. The van der Waals surface area contributed by atoms with Crippen LogP contribution in [0.3, 0.4) is 0 Å². The van der Waals surface area contributed by atoms with E-state index in [0.29, 0.717) is 26.2 Å². The molecule has 2 radical (unpaired) electrons. The van der Waals surface area contributed by atoms with Crippen molar-refractivity contribution in [2.24, 2.45) is 5.11 Å². The van der Waals surface area contributed by atoms with Crippen LogP contribution in [0.5, 0.6) is 0 Å². The van der Waals surface area contributed by atoms with Gasteiger partial charge in [0.15, 0.2) is 0 Å². The highest BCUT2D eigenvalue weighted by molar-refractivity contribution is 7.54. The van der Waals surface area contributed by atoms with E-state index in [1.165, 1.54) is 0 Å². The van der Waals surface area contributed by atoms with Gasteiger partial charge < -0.3 is 28.6 Å². The highest BCUT2D eigenvalue weighted by Gasteiger charge is 2.44. The monoisotopic (exact) mass is 618 g/mol. The highest BCUT2D eigenvalue weighted by Crippen LogP contribution is 2.55. The van der Waals surface area contributed by atoms with Crippen LogP contribution in [-0.2, 0) is 32.4 Å². The van der Waals surface area contributed by atoms with Gasteiger partial charge in [-0.1, -0.05) is 18.8 Å². The second-order valence-electron chi connectivity index (χ2n) is 10.9. The van der Waals surface area contributed by atoms with Crippen molar-refractivity contribution in [3.05, 3.63) is 10.4 Å². The van der Waals surface area contributed by atoms with E-state index in [4.69, 9.17) is 28.8 Å². The minimum absolute atomic E-state index is 0.0140. The molecule has 0 aromatic carbocycles. The molecule has 232 valence electrons. The molecule has 3 aliphatic rings. The molecule has 41 heavy (non-hydrogen) atoms. The lowest BCUT2D eigenvalue weighted by atomic mass is 9.74. The maximum Gasteiger partial charge on any atom is 0.345 e. The number of nitrogens with zero attached hydrogens (tertiary/aromatic N) is 7. The zero-order valence-electron chi connectivity index (χ0n) is 25.4. The Bertz CT molecular complexity index is 982. The molecule has 0 aromatic rings. The molecule has 0 saturated carbocycles. The van der Waals surface area contributed by atoms with Crippen LogP contribution in [0, 0.1) is 0 Å². The maximum absolute atomic E-state index is 14.3. The summed E-state index contributed by atoms with van der Waals surface area (Å²) in [6.45, 7) is 8.74. The highest BCUT2D eigenvalue weighted by atomic mass is 31.2. The first-order chi connectivity index (χ1) is 19.4. The fraction of sp³-hybridized carbons (Fsp3) is 1.00. The van der Waals surface area contributed by atoms with Crippen molar-refractivity contribution in [3.8, 4) is 0 Å². The van der Waals surface area contributed by atoms with Crippen LogP contribution in [0.2, 0.25) is 13.6 Å². The third kappa shape index (κ3) is 9.25. The topological polar surface area (TPSA) is 154 Å². The van der Waals surface area contributed by atoms with Crippen molar-refractivity contribution in [3.63, 3.8) is 0 Å². The summed E-state index contributed by atoms with van der Waals surface area (Å²) in [6.07, 6.45) is -1.36. The summed E-state index contributed by atoms with van der Waals surface area (Å²) in [6, 6.07) is -0.340. The molecular formula is C22H46B2N8O7P2. The molecule has 0 amide bonds. The lowest BCUT2D eigenvalue weighted by Crippen LogP contribution is -2.52. The molecule has 3 saturated heterocycles. The predicted octanol–water partition coefficient (Wildman–Crippen LogP) is 1.60. The van der Waals surface area contributed by atoms with Crippen molar-refractivity contribution in [2.75, 3.05) is 87.2 Å². The van der Waals surface area contributed by atoms with Crippen molar-refractivity contribution in [2.45, 2.75) is 57.0 Å². The Kier molecular flexibility index (Phi) is 13.6. The predicted molar refractivity (Wildman–Crippen MR) is 159 cm³/mol. The summed E-state index contributed by atoms with van der Waals surface area (Å²) in [5, 5.41) is 6.96. The number of hydrogen-bond donors (Lipinski definition) is 1. The molecule has 0 spiro atoms. The van der Waals surface area contributed by atoms with E-state index >= 15 is 0 Å². The van der Waals surface area contributed by atoms with Crippen molar-refractivity contribution in [1.82, 2.24) is 24.0 Å². The van der Waals surface area contributed by atoms with E-state index < -0.39 is 27.5 Å². The molecular weight excluding hydrogens is 572 g/mol. The van der Waals surface area contributed by atoms with Gasteiger partial charge in [-0.15, -0.1) is 0 Å². The van der Waals surface area contributed by atoms with Gasteiger partial charge in [-0.05, 0) is 40.6 Å². The number of nitrogens with one attached hydrogen (secondary N) is 1. The van der Waals surface area contributed by atoms with Crippen LogP contribution < -0.4 is 5.32 Å². The molecule has 3 rings (SSSR count). The molecule has 15 nitrogen and oxygen atoms in total. The van der Waals surface area contributed by atoms with Gasteiger partial charge in [0.25, 0.3) is 0 Å². The fourth-order valence-electron chi connectivity index (χ4n) is 5.07. The molecule has 3 fully saturated rings. The van der Waals surface area contributed by atoms with E-state index in [1.54, 1.807) is 42.2 Å². The molecule has 0 bridgehead atoms. The summed E-state index contributed by atoms with van der Waals surface area (Å²) in [7, 11) is 3.86. The largest absolute Gasteiger partial charge is 0.379 e. The minimum atomic E-state index is -3.48. The number of azide groups is 1. The Morgan fingerprint density at radius 1 is 0.878 bits per heavy atom. The quantitative estimate of drug-likeness (QED) is 0.0989. The molecule has 8 atom stereocenters. The van der Waals surface area contributed by atoms with Gasteiger partial charge in [-0.25, -0.2) is 18.7 Å². The summed E-state index contributed by atoms with van der Waals surface area (Å²) in [4.78, 5) is 2.82. The summed E-state index contributed by atoms with van der Waals surface area (Å²) < 4.78 is 65.7. The average Bonchev–Trinajstić information content (AvgIpc) is 2.96. The third-order valence-corrected chi connectivity index (χ3v) is 12.3. The molecule has 8 unspecified atom stereocenters. The normalized spacial score (nSPS) is 33.1. The number of ether oxygens (including phenoxy) is 3. The van der Waals surface area contributed by atoms with Crippen molar-refractivity contribution >= 4 is 29.9 Å². The molecule has 1 N–H and O–H groups in total. The van der Waals surface area contributed by atoms with E-state index in [1.807, 2.05) is 39.8 Å². The van der Waals surface area contributed by atoms with E-state index in [0.717, 1.165) is 6.54 Å². The number of morpholine rings is 3. The fourth-order valence-corrected chi connectivity index (χ4v) is 9.18. The van der Waals surface area contributed by atoms with Crippen molar-refractivity contribution in [1.29, 1.82) is 0 Å². The Labute approximate surface area is 246 Å². The molecule has 19 heteroatoms. The van der Waals surface area contributed by atoms with E-state index in [-0.39, 0.29) is 50.5 Å². The summed E-state index contributed by atoms with van der Waals surface area (Å²) in [5.74, 6) is 0. The van der Waals surface area contributed by atoms with Gasteiger partial charge in [0.2, 0.25) is 0 Å². The van der Waals surface area contributed by atoms with E-state index in [2.05, 4.69) is 15.3 Å². The van der Waals surface area contributed by atoms with Gasteiger partial charge in [0.05, 0.1) is 44.2 Å². The van der Waals surface area contributed by atoms with Gasteiger partial charge >= 0.3 is 15.3 Å². The first kappa shape index (κ1) is 35.0. The Balaban J connectivity index is 1.70. The van der Waals surface area contributed by atoms with Crippen LogP contribution >= 0.6 is 15.3 Å². The van der Waals surface area contributed by atoms with Gasteiger partial charge in [-0.2, -0.15) is 0 Å². The average molecular weight is 618 g/mol. The molecule has 0 aliphatic carbocycles. The van der Waals surface area contributed by atoms with E-state index in [9.17, 15) is 9.13 Å². The van der Waals surface area contributed by atoms with Crippen LogP contribution in [-0.4, -0.2) is 157 Å². The van der Waals surface area contributed by atoms with Crippen LogP contribution in [0.25, 0.3) is 10.4 Å². The lowest BCUT2D eigenvalue weighted by Gasteiger charge is -2.44. The summed E-state index contributed by atoms with van der Waals surface area (Å²) in [5.41, 5.74) is 8.72. The second kappa shape index (κ2) is 16.0. The number of rotatable bonds is 14. The Hall–Kier alpha value is -0.500. The standard InChI is InChI=1S/C22H46B2N8O7P2/c1-17-11-31(12-18(37-17)9-27-28-25)40(33,29(4)5)36-16-20-13-32(14-22(24-3)39-20)41(34,30(6)7)35-15-19-8-26-10-21(23-2)38-19/h17-22,26H,8-16H2,1-7H3. The zero-order chi connectivity index (χ0) is 30.2. The lowest BCUT2D eigenvalue weighted by molar-refractivity contribution is -0.0667. The molecule has 3 heterocycles. The van der Waals surface area contributed by atoms with Crippen LogP contribution in [0.1, 0.15) is 6.92 Å². The first-order valence-corrected chi connectivity index (χ1v) is 17.1.